The van der Waals surface area contributed by atoms with Crippen LogP contribution in [0.3, 0.4) is 0 Å². The highest BCUT2D eigenvalue weighted by molar-refractivity contribution is 5.87. The minimum atomic E-state index is -0.459. The number of ether oxygens (including phenoxy) is 3. The smallest absolute Gasteiger partial charge is 0.338 e. The van der Waals surface area contributed by atoms with Crippen molar-refractivity contribution in [3.63, 3.8) is 0 Å². The molecule has 0 bridgehead atoms. The molecule has 2 fully saturated rings. The van der Waals surface area contributed by atoms with Crippen molar-refractivity contribution in [1.82, 2.24) is 0 Å². The van der Waals surface area contributed by atoms with Gasteiger partial charge in [-0.15, -0.1) is 0 Å². The fourth-order valence-electron chi connectivity index (χ4n) is 2.12. The molecule has 0 N–H and O–H groups in total. The largest absolute Gasteiger partial charge is 0.461 e. The maximum atomic E-state index is 11.2. The number of carbonyl (C=O) groups is 1. The first-order chi connectivity index (χ1) is 8.11. The Morgan fingerprint density at radius 1 is 1.41 bits per heavy atom. The molecule has 4 nitrogen and oxygen atoms in total. The molecule has 0 unspecified atom stereocenters. The van der Waals surface area contributed by atoms with E-state index in [1.54, 1.807) is 6.92 Å². The second-order valence-electron chi connectivity index (χ2n) is 4.63. The molecule has 1 aliphatic carbocycles. The minimum absolute atomic E-state index is 0.369. The zero-order valence-corrected chi connectivity index (χ0v) is 10.2. The van der Waals surface area contributed by atoms with Gasteiger partial charge in [-0.3, -0.25) is 0 Å². The minimum Gasteiger partial charge on any atom is -0.461 e. The third-order valence-corrected chi connectivity index (χ3v) is 3.06. The van der Waals surface area contributed by atoms with Crippen molar-refractivity contribution < 1.29 is 19.0 Å². The van der Waals surface area contributed by atoms with E-state index in [1.807, 2.05) is 0 Å². The number of hydrogen-bond donors (Lipinski definition) is 0. The SMILES string of the molecule is C=C(C)C(=O)OC=C1COC2(CCCCC2)O1. The molecule has 0 amide bonds. The Hall–Kier alpha value is -1.29. The standard InChI is InChI=1S/C13H18O4/c1-10(2)12(14)15-8-11-9-16-13(17-11)6-4-3-5-7-13/h8H,1,3-7,9H2,2H3. The zero-order chi connectivity index (χ0) is 12.3. The third kappa shape index (κ3) is 2.88. The number of rotatable bonds is 2. The lowest BCUT2D eigenvalue weighted by Crippen LogP contribution is -2.32. The molecule has 4 heteroatoms. The van der Waals surface area contributed by atoms with E-state index in [2.05, 4.69) is 6.58 Å². The van der Waals surface area contributed by atoms with Gasteiger partial charge in [-0.2, -0.15) is 0 Å². The molecule has 0 atom stereocenters. The summed E-state index contributed by atoms with van der Waals surface area (Å²) < 4.78 is 16.4. The second kappa shape index (κ2) is 4.92. The molecule has 0 aromatic rings. The van der Waals surface area contributed by atoms with Crippen LogP contribution in [0.1, 0.15) is 39.0 Å². The Kier molecular flexibility index (Phi) is 3.52. The Morgan fingerprint density at radius 2 is 2.12 bits per heavy atom. The predicted octanol–water partition coefficient (Wildman–Crippen LogP) is 2.65. The van der Waals surface area contributed by atoms with Gasteiger partial charge in [0, 0.05) is 18.4 Å². The van der Waals surface area contributed by atoms with Crippen LogP contribution in [0.4, 0.5) is 0 Å². The van der Waals surface area contributed by atoms with Crippen molar-refractivity contribution in [2.75, 3.05) is 6.61 Å². The van der Waals surface area contributed by atoms with Gasteiger partial charge < -0.3 is 14.2 Å². The van der Waals surface area contributed by atoms with E-state index in [4.69, 9.17) is 14.2 Å². The van der Waals surface area contributed by atoms with E-state index >= 15 is 0 Å². The van der Waals surface area contributed by atoms with Gasteiger partial charge in [-0.05, 0) is 19.8 Å². The van der Waals surface area contributed by atoms with Crippen LogP contribution in [0.2, 0.25) is 0 Å². The van der Waals surface area contributed by atoms with Crippen LogP contribution in [0, 0.1) is 0 Å². The molecule has 0 aromatic carbocycles. The molecule has 1 spiro atoms. The van der Waals surface area contributed by atoms with Crippen molar-refractivity contribution >= 4 is 5.97 Å². The van der Waals surface area contributed by atoms with Crippen LogP contribution in [0.25, 0.3) is 0 Å². The van der Waals surface area contributed by atoms with Crippen molar-refractivity contribution in [2.45, 2.75) is 44.8 Å². The average Bonchev–Trinajstić information content (AvgIpc) is 2.70. The van der Waals surface area contributed by atoms with Gasteiger partial charge in [0.1, 0.15) is 12.9 Å². The highest BCUT2D eigenvalue weighted by Gasteiger charge is 2.40. The van der Waals surface area contributed by atoms with E-state index in [9.17, 15) is 4.79 Å². The molecule has 1 aliphatic heterocycles. The van der Waals surface area contributed by atoms with E-state index < -0.39 is 11.8 Å². The van der Waals surface area contributed by atoms with Gasteiger partial charge in [0.15, 0.2) is 5.76 Å². The van der Waals surface area contributed by atoms with E-state index in [1.165, 1.54) is 12.7 Å². The van der Waals surface area contributed by atoms with Gasteiger partial charge in [-0.1, -0.05) is 13.0 Å². The van der Waals surface area contributed by atoms with E-state index in [0.29, 0.717) is 17.9 Å². The van der Waals surface area contributed by atoms with Crippen LogP contribution in [0.5, 0.6) is 0 Å². The summed E-state index contributed by atoms with van der Waals surface area (Å²) in [5, 5.41) is 0. The monoisotopic (exact) mass is 238 g/mol. The maximum Gasteiger partial charge on any atom is 0.338 e. The number of esters is 1. The lowest BCUT2D eigenvalue weighted by Gasteiger charge is -2.30. The molecule has 94 valence electrons. The van der Waals surface area contributed by atoms with Crippen LogP contribution >= 0.6 is 0 Å². The third-order valence-electron chi connectivity index (χ3n) is 3.06. The molecule has 2 rings (SSSR count). The van der Waals surface area contributed by atoms with Gasteiger partial charge >= 0.3 is 5.97 Å². The normalized spacial score (nSPS) is 24.6. The second-order valence-corrected chi connectivity index (χ2v) is 4.63. The molecule has 17 heavy (non-hydrogen) atoms. The number of carbonyl (C=O) groups excluding carboxylic acids is 1. The molecule has 0 aromatic heterocycles. The first-order valence-electron chi connectivity index (χ1n) is 6.00. The Labute approximate surface area is 101 Å². The highest BCUT2D eigenvalue weighted by atomic mass is 16.7. The Balaban J connectivity index is 1.90. The number of hydrogen-bond acceptors (Lipinski definition) is 4. The van der Waals surface area contributed by atoms with Crippen molar-refractivity contribution in [1.29, 1.82) is 0 Å². The Morgan fingerprint density at radius 3 is 2.76 bits per heavy atom. The van der Waals surface area contributed by atoms with Crippen LogP contribution in [-0.4, -0.2) is 18.4 Å². The van der Waals surface area contributed by atoms with Crippen molar-refractivity contribution in [3.05, 3.63) is 24.2 Å². The summed E-state index contributed by atoms with van der Waals surface area (Å²) in [6.07, 6.45) is 6.65. The predicted molar refractivity (Wildman–Crippen MR) is 61.8 cm³/mol. The van der Waals surface area contributed by atoms with E-state index in [0.717, 1.165) is 25.7 Å². The molecule has 2 aliphatic rings. The summed E-state index contributed by atoms with van der Waals surface area (Å²) >= 11 is 0. The summed E-state index contributed by atoms with van der Waals surface area (Å²) in [5.74, 6) is -0.313. The Bertz CT molecular complexity index is 350. The lowest BCUT2D eigenvalue weighted by atomic mass is 9.94. The molecular weight excluding hydrogens is 220 g/mol. The van der Waals surface area contributed by atoms with Crippen LogP contribution in [-0.2, 0) is 19.0 Å². The van der Waals surface area contributed by atoms with Crippen molar-refractivity contribution in [2.24, 2.45) is 0 Å². The van der Waals surface area contributed by atoms with Gasteiger partial charge in [0.2, 0.25) is 5.79 Å². The lowest BCUT2D eigenvalue weighted by molar-refractivity contribution is -0.169. The zero-order valence-electron chi connectivity index (χ0n) is 10.2. The molecule has 1 saturated heterocycles. The van der Waals surface area contributed by atoms with Crippen molar-refractivity contribution in [3.8, 4) is 0 Å². The molecule has 0 radical (unpaired) electrons. The van der Waals surface area contributed by atoms with Crippen LogP contribution in [0.15, 0.2) is 24.2 Å². The average molecular weight is 238 g/mol. The fraction of sp³-hybridized carbons (Fsp3) is 0.615. The topological polar surface area (TPSA) is 44.8 Å². The highest BCUT2D eigenvalue weighted by Crippen LogP contribution is 2.38. The first-order valence-corrected chi connectivity index (χ1v) is 6.00. The van der Waals surface area contributed by atoms with Gasteiger partial charge in [0.05, 0.1) is 0 Å². The quantitative estimate of drug-likeness (QED) is 0.421. The first kappa shape index (κ1) is 12.2. The summed E-state index contributed by atoms with van der Waals surface area (Å²) in [7, 11) is 0. The van der Waals surface area contributed by atoms with Crippen LogP contribution < -0.4 is 0 Å². The summed E-state index contributed by atoms with van der Waals surface area (Å²) in [6, 6.07) is 0. The summed E-state index contributed by atoms with van der Waals surface area (Å²) in [4.78, 5) is 11.2. The van der Waals surface area contributed by atoms with Gasteiger partial charge in [0.25, 0.3) is 0 Å². The molecule has 1 saturated carbocycles. The van der Waals surface area contributed by atoms with E-state index in [-0.39, 0.29) is 0 Å². The molecule has 1 heterocycles. The maximum absolute atomic E-state index is 11.2. The van der Waals surface area contributed by atoms with Gasteiger partial charge in [-0.25, -0.2) is 4.79 Å². The molecular formula is C13H18O4. The summed E-state index contributed by atoms with van der Waals surface area (Å²) in [5.41, 5.74) is 0.369. The summed E-state index contributed by atoms with van der Waals surface area (Å²) in [6.45, 7) is 5.49. The fourth-order valence-corrected chi connectivity index (χ4v) is 2.12.